The van der Waals surface area contributed by atoms with Crippen molar-refractivity contribution in [3.05, 3.63) is 97.1 Å². The number of nitrogens with zero attached hydrogens (tertiary/aromatic N) is 1. The van der Waals surface area contributed by atoms with E-state index in [9.17, 15) is 0 Å². The Labute approximate surface area is 238 Å². The van der Waals surface area contributed by atoms with Crippen LogP contribution in [0.5, 0.6) is 0 Å². The Balaban J connectivity index is 1.87. The van der Waals surface area contributed by atoms with Crippen LogP contribution in [0.4, 0.5) is 17.1 Å². The van der Waals surface area contributed by atoms with E-state index in [2.05, 4.69) is 161 Å². The number of hydrogen-bond donors (Lipinski definition) is 0. The highest BCUT2D eigenvalue weighted by atomic mass is 28.3. The van der Waals surface area contributed by atoms with Crippen LogP contribution in [0, 0.1) is 0 Å². The fourth-order valence-corrected chi connectivity index (χ4v) is 10.2. The zero-order chi connectivity index (χ0) is 28.2. The standard InChI is InChI=1S/C35H43NSi3/c1-37(2,3)28-22-18-26(19-23-28)36(27-20-24-29(25-21-27)38(4,5)6)34-30-14-10-12-16-32(30)35(39(7,8)9)33-17-13-11-15-31(33)34/h10-25H,1-9H3. The minimum atomic E-state index is -1.64. The predicted molar refractivity (Wildman–Crippen MR) is 185 cm³/mol. The molecule has 0 aromatic heterocycles. The molecule has 0 amide bonds. The van der Waals surface area contributed by atoms with E-state index in [1.165, 1.54) is 49.0 Å². The molecule has 39 heavy (non-hydrogen) atoms. The molecule has 0 spiro atoms. The van der Waals surface area contributed by atoms with Crippen LogP contribution in [0.25, 0.3) is 21.5 Å². The molecule has 5 aromatic carbocycles. The molecule has 200 valence electrons. The Morgan fingerprint density at radius 1 is 0.385 bits per heavy atom. The van der Waals surface area contributed by atoms with Crippen LogP contribution in [0.3, 0.4) is 0 Å². The third kappa shape index (κ3) is 5.30. The van der Waals surface area contributed by atoms with E-state index in [4.69, 9.17) is 0 Å². The average molecular weight is 562 g/mol. The quantitative estimate of drug-likeness (QED) is 0.148. The number of rotatable bonds is 6. The molecule has 0 unspecified atom stereocenters. The van der Waals surface area contributed by atoms with Gasteiger partial charge in [0.25, 0.3) is 0 Å². The SMILES string of the molecule is C[Si](C)(C)c1ccc(N(c2ccc([Si](C)(C)C)cc2)c2c3ccccc3c([Si](C)(C)C)c3ccccc23)cc1. The average Bonchev–Trinajstić information content (AvgIpc) is 2.87. The van der Waals surface area contributed by atoms with Crippen molar-refractivity contribution in [1.29, 1.82) is 0 Å². The molecule has 1 nitrogen and oxygen atoms in total. The molecule has 0 saturated carbocycles. The highest BCUT2D eigenvalue weighted by Crippen LogP contribution is 2.43. The van der Waals surface area contributed by atoms with Gasteiger partial charge in [-0.1, -0.05) is 142 Å². The number of anilines is 3. The van der Waals surface area contributed by atoms with E-state index >= 15 is 0 Å². The van der Waals surface area contributed by atoms with Crippen molar-refractivity contribution in [3.8, 4) is 0 Å². The number of hydrogen-bond acceptors (Lipinski definition) is 1. The molecule has 5 aromatic rings. The monoisotopic (exact) mass is 561 g/mol. The Morgan fingerprint density at radius 2 is 0.718 bits per heavy atom. The summed E-state index contributed by atoms with van der Waals surface area (Å²) in [5, 5.41) is 9.99. The van der Waals surface area contributed by atoms with Crippen LogP contribution < -0.4 is 20.5 Å². The maximum atomic E-state index is 2.51. The first-order valence-electron chi connectivity index (χ1n) is 14.2. The van der Waals surface area contributed by atoms with E-state index < -0.39 is 24.2 Å². The van der Waals surface area contributed by atoms with Crippen LogP contribution in [-0.4, -0.2) is 24.2 Å². The molecule has 0 radical (unpaired) electrons. The van der Waals surface area contributed by atoms with Gasteiger partial charge < -0.3 is 4.90 Å². The molecule has 0 bridgehead atoms. The Bertz CT molecular complexity index is 1520. The van der Waals surface area contributed by atoms with Gasteiger partial charge in [-0.2, -0.15) is 0 Å². The second kappa shape index (κ2) is 9.92. The molecule has 0 aliphatic rings. The van der Waals surface area contributed by atoms with Gasteiger partial charge >= 0.3 is 0 Å². The lowest BCUT2D eigenvalue weighted by Crippen LogP contribution is -2.39. The van der Waals surface area contributed by atoms with Gasteiger partial charge in [0, 0.05) is 22.1 Å². The lowest BCUT2D eigenvalue weighted by molar-refractivity contribution is 1.31. The van der Waals surface area contributed by atoms with E-state index in [1.807, 2.05) is 0 Å². The molecule has 0 atom stereocenters. The van der Waals surface area contributed by atoms with Gasteiger partial charge in [0.2, 0.25) is 0 Å². The maximum absolute atomic E-state index is 2.51. The van der Waals surface area contributed by atoms with Gasteiger partial charge in [0.1, 0.15) is 0 Å². The first-order chi connectivity index (χ1) is 18.3. The summed E-state index contributed by atoms with van der Waals surface area (Å²) in [6, 6.07) is 37.0. The van der Waals surface area contributed by atoms with E-state index in [0.717, 1.165) is 0 Å². The lowest BCUT2D eigenvalue weighted by Gasteiger charge is -2.32. The van der Waals surface area contributed by atoms with Gasteiger partial charge in [-0.05, 0) is 40.2 Å². The van der Waals surface area contributed by atoms with E-state index in [1.54, 1.807) is 5.19 Å². The van der Waals surface area contributed by atoms with Crippen molar-refractivity contribution in [2.45, 2.75) is 58.9 Å². The van der Waals surface area contributed by atoms with Crippen molar-refractivity contribution in [1.82, 2.24) is 0 Å². The van der Waals surface area contributed by atoms with Crippen LogP contribution >= 0.6 is 0 Å². The molecular weight excluding hydrogens is 519 g/mol. The Morgan fingerprint density at radius 3 is 1.03 bits per heavy atom. The van der Waals surface area contributed by atoms with Crippen LogP contribution in [0.1, 0.15) is 0 Å². The van der Waals surface area contributed by atoms with Crippen molar-refractivity contribution in [2.75, 3.05) is 4.90 Å². The summed E-state index contributed by atoms with van der Waals surface area (Å²) in [5.41, 5.74) is 3.72. The molecule has 0 N–H and O–H groups in total. The Kier molecular flexibility index (Phi) is 7.03. The van der Waals surface area contributed by atoms with Crippen LogP contribution in [-0.2, 0) is 0 Å². The second-order valence-electron chi connectivity index (χ2n) is 14.0. The molecular formula is C35H43NSi3. The summed E-state index contributed by atoms with van der Waals surface area (Å²) in [6.07, 6.45) is 0. The summed E-state index contributed by atoms with van der Waals surface area (Å²) < 4.78 is 0. The maximum Gasteiger partial charge on any atom is 0.0792 e. The van der Waals surface area contributed by atoms with Gasteiger partial charge in [0.15, 0.2) is 0 Å². The zero-order valence-electron chi connectivity index (χ0n) is 25.2. The Hall–Kier alpha value is -2.93. The van der Waals surface area contributed by atoms with Gasteiger partial charge in [-0.3, -0.25) is 0 Å². The first-order valence-corrected chi connectivity index (χ1v) is 24.7. The minimum Gasteiger partial charge on any atom is -0.309 e. The molecule has 0 aliphatic carbocycles. The van der Waals surface area contributed by atoms with Crippen LogP contribution in [0.2, 0.25) is 58.9 Å². The third-order valence-electron chi connectivity index (χ3n) is 7.86. The van der Waals surface area contributed by atoms with E-state index in [-0.39, 0.29) is 0 Å². The fraction of sp³-hybridized carbons (Fsp3) is 0.257. The highest BCUT2D eigenvalue weighted by Gasteiger charge is 2.27. The number of fused-ring (bicyclic) bond motifs is 2. The molecule has 0 fully saturated rings. The fourth-order valence-electron chi connectivity index (χ4n) is 5.78. The summed E-state index contributed by atoms with van der Waals surface area (Å²) in [4.78, 5) is 2.51. The summed E-state index contributed by atoms with van der Waals surface area (Å²) in [6.45, 7) is 22.0. The number of benzene rings is 5. The highest BCUT2D eigenvalue weighted by molar-refractivity contribution is 6.92. The smallest absolute Gasteiger partial charge is 0.0792 e. The van der Waals surface area contributed by atoms with Gasteiger partial charge in [-0.15, -0.1) is 0 Å². The second-order valence-corrected chi connectivity index (χ2v) is 29.1. The molecule has 0 heterocycles. The van der Waals surface area contributed by atoms with Crippen molar-refractivity contribution in [3.63, 3.8) is 0 Å². The molecule has 0 aliphatic heterocycles. The van der Waals surface area contributed by atoms with Crippen molar-refractivity contribution in [2.24, 2.45) is 0 Å². The predicted octanol–water partition coefficient (Wildman–Crippen LogP) is 9.10. The summed E-state index contributed by atoms with van der Waals surface area (Å²) in [7, 11) is -4.45. The van der Waals surface area contributed by atoms with Crippen molar-refractivity contribution < 1.29 is 0 Å². The third-order valence-corrected chi connectivity index (χ3v) is 14.0. The first kappa shape index (κ1) is 27.6. The normalized spacial score (nSPS) is 12.7. The topological polar surface area (TPSA) is 3.24 Å². The molecule has 4 heteroatoms. The summed E-state index contributed by atoms with van der Waals surface area (Å²) in [5.74, 6) is 0. The summed E-state index contributed by atoms with van der Waals surface area (Å²) >= 11 is 0. The van der Waals surface area contributed by atoms with E-state index in [0.29, 0.717) is 0 Å². The van der Waals surface area contributed by atoms with Crippen molar-refractivity contribution >= 4 is 78.4 Å². The minimum absolute atomic E-state index is 1.22. The zero-order valence-corrected chi connectivity index (χ0v) is 28.2. The molecule has 5 rings (SSSR count). The molecule has 0 saturated heterocycles. The van der Waals surface area contributed by atoms with Gasteiger partial charge in [0.05, 0.1) is 29.9 Å². The lowest BCUT2D eigenvalue weighted by atomic mass is 9.98. The van der Waals surface area contributed by atoms with Gasteiger partial charge in [-0.25, -0.2) is 0 Å². The van der Waals surface area contributed by atoms with Crippen LogP contribution in [0.15, 0.2) is 97.1 Å². The largest absolute Gasteiger partial charge is 0.309 e.